The Hall–Kier alpha value is -3.22. The van der Waals surface area contributed by atoms with Crippen molar-refractivity contribution in [3.05, 3.63) is 53.6 Å². The first kappa shape index (κ1) is 22.1. The predicted octanol–water partition coefficient (Wildman–Crippen LogP) is 4.29. The van der Waals surface area contributed by atoms with Gasteiger partial charge in [-0.25, -0.2) is 9.69 Å². The lowest BCUT2D eigenvalue weighted by molar-refractivity contribution is 0.0226. The normalized spacial score (nSPS) is 10.8. The largest absolute Gasteiger partial charge is 0.493 e. The van der Waals surface area contributed by atoms with Crippen molar-refractivity contribution in [3.63, 3.8) is 0 Å². The molecule has 2 aromatic rings. The zero-order chi connectivity index (χ0) is 21.6. The molecule has 7 heteroatoms. The lowest BCUT2D eigenvalue weighted by Crippen LogP contribution is -2.40. The van der Waals surface area contributed by atoms with Gasteiger partial charge in [0, 0.05) is 5.56 Å². The van der Waals surface area contributed by atoms with Gasteiger partial charge in [0.05, 0.1) is 27.9 Å². The molecule has 0 saturated carbocycles. The van der Waals surface area contributed by atoms with Crippen molar-refractivity contribution in [2.75, 3.05) is 21.3 Å². The second-order valence-corrected chi connectivity index (χ2v) is 7.27. The second kappa shape index (κ2) is 9.32. The van der Waals surface area contributed by atoms with Gasteiger partial charge in [0.2, 0.25) is 5.75 Å². The maximum atomic E-state index is 13.3. The Morgan fingerprint density at radius 2 is 1.45 bits per heavy atom. The predicted molar refractivity (Wildman–Crippen MR) is 109 cm³/mol. The van der Waals surface area contributed by atoms with E-state index >= 15 is 0 Å². The summed E-state index contributed by atoms with van der Waals surface area (Å²) >= 11 is 0. The minimum absolute atomic E-state index is 0.0608. The first-order chi connectivity index (χ1) is 13.7. The molecule has 0 fully saturated rings. The molecule has 0 aliphatic carbocycles. The zero-order valence-corrected chi connectivity index (χ0v) is 17.6. The van der Waals surface area contributed by atoms with Gasteiger partial charge >= 0.3 is 6.09 Å². The third kappa shape index (κ3) is 5.63. The molecule has 7 nitrogen and oxygen atoms in total. The van der Waals surface area contributed by atoms with Crippen LogP contribution in [0, 0.1) is 0 Å². The van der Waals surface area contributed by atoms with Crippen LogP contribution in [0.15, 0.2) is 42.5 Å². The molecular weight excluding hydrogens is 374 g/mol. The van der Waals surface area contributed by atoms with Gasteiger partial charge in [-0.15, -0.1) is 0 Å². The molecule has 2 rings (SSSR count). The van der Waals surface area contributed by atoms with E-state index in [4.69, 9.17) is 18.9 Å². The number of imide groups is 1. The molecule has 0 atom stereocenters. The maximum absolute atomic E-state index is 13.3. The van der Waals surface area contributed by atoms with E-state index in [0.29, 0.717) is 17.2 Å². The molecule has 156 valence electrons. The van der Waals surface area contributed by atoms with E-state index in [9.17, 15) is 9.59 Å². The summed E-state index contributed by atoms with van der Waals surface area (Å²) < 4.78 is 21.4. The summed E-state index contributed by atoms with van der Waals surface area (Å²) in [6.07, 6.45) is -0.736. The van der Waals surface area contributed by atoms with E-state index in [2.05, 4.69) is 0 Å². The summed E-state index contributed by atoms with van der Waals surface area (Å²) in [5, 5.41) is 0. The molecule has 2 amide bonds. The Bertz CT molecular complexity index is 832. The van der Waals surface area contributed by atoms with E-state index in [0.717, 1.165) is 10.5 Å². The number of carbonyl (C=O) groups excluding carboxylic acids is 2. The van der Waals surface area contributed by atoms with Crippen LogP contribution in [0.25, 0.3) is 0 Å². The van der Waals surface area contributed by atoms with Gasteiger partial charge in [0.15, 0.2) is 11.5 Å². The molecule has 29 heavy (non-hydrogen) atoms. The number of hydrogen-bond acceptors (Lipinski definition) is 6. The fourth-order valence-corrected chi connectivity index (χ4v) is 2.66. The van der Waals surface area contributed by atoms with E-state index in [-0.39, 0.29) is 12.1 Å². The molecule has 0 unspecified atom stereocenters. The molecule has 0 N–H and O–H groups in total. The molecule has 0 aliphatic rings. The van der Waals surface area contributed by atoms with Crippen molar-refractivity contribution < 1.29 is 28.5 Å². The Morgan fingerprint density at radius 1 is 0.897 bits per heavy atom. The Balaban J connectivity index is 2.47. The number of hydrogen-bond donors (Lipinski definition) is 0. The number of ether oxygens (including phenoxy) is 4. The standard InChI is InChI=1S/C22H27NO6/c1-22(2,3)29-21(25)23(14-15-10-8-7-9-11-15)20(24)16-12-17(26-4)19(28-6)18(13-16)27-5/h7-13H,14H2,1-6H3. The summed E-state index contributed by atoms with van der Waals surface area (Å²) in [7, 11) is 4.40. The fraction of sp³-hybridized carbons (Fsp3) is 0.364. The molecular formula is C22H27NO6. The van der Waals surface area contributed by atoms with Crippen LogP contribution in [0.2, 0.25) is 0 Å². The van der Waals surface area contributed by atoms with E-state index in [1.807, 2.05) is 30.3 Å². The highest BCUT2D eigenvalue weighted by atomic mass is 16.6. The number of methoxy groups -OCH3 is 3. The highest BCUT2D eigenvalue weighted by Crippen LogP contribution is 2.38. The molecule has 0 saturated heterocycles. The molecule has 0 bridgehead atoms. The van der Waals surface area contributed by atoms with E-state index < -0.39 is 17.6 Å². The van der Waals surface area contributed by atoms with Crippen molar-refractivity contribution >= 4 is 12.0 Å². The highest BCUT2D eigenvalue weighted by molar-refractivity contribution is 6.03. The molecule has 0 aliphatic heterocycles. The van der Waals surface area contributed by atoms with Crippen LogP contribution >= 0.6 is 0 Å². The van der Waals surface area contributed by atoms with E-state index in [1.165, 1.54) is 33.5 Å². The minimum Gasteiger partial charge on any atom is -0.493 e. The first-order valence-corrected chi connectivity index (χ1v) is 9.09. The number of amides is 2. The van der Waals surface area contributed by atoms with Gasteiger partial charge in [0.25, 0.3) is 5.91 Å². The van der Waals surface area contributed by atoms with Gasteiger partial charge < -0.3 is 18.9 Å². The zero-order valence-electron chi connectivity index (χ0n) is 17.6. The highest BCUT2D eigenvalue weighted by Gasteiger charge is 2.29. The van der Waals surface area contributed by atoms with Crippen LogP contribution in [0.4, 0.5) is 4.79 Å². The topological polar surface area (TPSA) is 74.3 Å². The smallest absolute Gasteiger partial charge is 0.417 e. The SMILES string of the molecule is COc1cc(C(=O)N(Cc2ccccc2)C(=O)OC(C)(C)C)cc(OC)c1OC. The molecule has 0 aromatic heterocycles. The number of rotatable bonds is 6. The van der Waals surface area contributed by atoms with Gasteiger partial charge in [-0.2, -0.15) is 0 Å². The van der Waals surface area contributed by atoms with Gasteiger partial charge in [-0.1, -0.05) is 30.3 Å². The maximum Gasteiger partial charge on any atom is 0.417 e. The second-order valence-electron chi connectivity index (χ2n) is 7.27. The van der Waals surface area contributed by atoms with Crippen molar-refractivity contribution in [1.29, 1.82) is 0 Å². The van der Waals surface area contributed by atoms with Crippen molar-refractivity contribution in [2.24, 2.45) is 0 Å². The summed E-state index contributed by atoms with van der Waals surface area (Å²) in [4.78, 5) is 27.1. The van der Waals surface area contributed by atoms with Crippen LogP contribution in [0.1, 0.15) is 36.7 Å². The fourth-order valence-electron chi connectivity index (χ4n) is 2.66. The van der Waals surface area contributed by atoms with Crippen LogP contribution in [0.5, 0.6) is 17.2 Å². The Morgan fingerprint density at radius 3 is 1.90 bits per heavy atom. The van der Waals surface area contributed by atoms with Crippen LogP contribution in [-0.4, -0.2) is 43.8 Å². The average molecular weight is 401 g/mol. The minimum atomic E-state index is -0.748. The van der Waals surface area contributed by atoms with Crippen molar-refractivity contribution in [3.8, 4) is 17.2 Å². The van der Waals surface area contributed by atoms with Crippen LogP contribution in [-0.2, 0) is 11.3 Å². The Labute approximate surface area is 171 Å². The lowest BCUT2D eigenvalue weighted by Gasteiger charge is -2.26. The third-order valence-corrected chi connectivity index (χ3v) is 3.95. The average Bonchev–Trinajstić information content (AvgIpc) is 2.69. The monoisotopic (exact) mass is 401 g/mol. The molecule has 0 heterocycles. The van der Waals surface area contributed by atoms with Gasteiger partial charge in [-0.05, 0) is 38.5 Å². The quantitative estimate of drug-likeness (QED) is 0.719. The molecule has 0 radical (unpaired) electrons. The number of nitrogens with zero attached hydrogens (tertiary/aromatic N) is 1. The van der Waals surface area contributed by atoms with Gasteiger partial charge in [-0.3, -0.25) is 4.79 Å². The van der Waals surface area contributed by atoms with Crippen molar-refractivity contribution in [1.82, 2.24) is 4.90 Å². The van der Waals surface area contributed by atoms with Crippen LogP contribution in [0.3, 0.4) is 0 Å². The Kier molecular flexibility index (Phi) is 7.09. The van der Waals surface area contributed by atoms with Crippen molar-refractivity contribution in [2.45, 2.75) is 32.9 Å². The summed E-state index contributed by atoms with van der Waals surface area (Å²) in [5.41, 5.74) is 0.252. The van der Waals surface area contributed by atoms with E-state index in [1.54, 1.807) is 20.8 Å². The lowest BCUT2D eigenvalue weighted by atomic mass is 10.1. The molecule has 0 spiro atoms. The molecule has 2 aromatic carbocycles. The summed E-state index contributed by atoms with van der Waals surface area (Å²) in [6, 6.07) is 12.2. The van der Waals surface area contributed by atoms with Gasteiger partial charge in [0.1, 0.15) is 5.60 Å². The summed E-state index contributed by atoms with van der Waals surface area (Å²) in [5.74, 6) is 0.457. The number of carbonyl (C=O) groups is 2. The van der Waals surface area contributed by atoms with Crippen LogP contribution < -0.4 is 14.2 Å². The third-order valence-electron chi connectivity index (χ3n) is 3.95. The number of benzene rings is 2. The first-order valence-electron chi connectivity index (χ1n) is 9.09. The summed E-state index contributed by atoms with van der Waals surface area (Å²) in [6.45, 7) is 5.30.